The van der Waals surface area contributed by atoms with Gasteiger partial charge in [0.1, 0.15) is 6.54 Å². The van der Waals surface area contributed by atoms with Gasteiger partial charge < -0.3 is 9.84 Å². The number of carboxylic acids is 1. The highest BCUT2D eigenvalue weighted by Crippen LogP contribution is 2.16. The molecule has 100 valence electrons. The summed E-state index contributed by atoms with van der Waals surface area (Å²) in [6.45, 7) is 3.53. The Morgan fingerprint density at radius 3 is 2.29 bits per heavy atom. The van der Waals surface area contributed by atoms with Gasteiger partial charge in [-0.3, -0.25) is 4.79 Å². The summed E-state index contributed by atoms with van der Waals surface area (Å²) >= 11 is 0. The van der Waals surface area contributed by atoms with Crippen LogP contribution in [0, 0.1) is 0 Å². The van der Waals surface area contributed by atoms with Crippen LogP contribution >= 0.6 is 0 Å². The molecule has 7 nitrogen and oxygen atoms in total. The summed E-state index contributed by atoms with van der Waals surface area (Å²) in [7, 11) is -2.46. The lowest BCUT2D eigenvalue weighted by atomic mass is 10.3. The first-order valence-corrected chi connectivity index (χ1v) is 6.72. The molecule has 1 aliphatic heterocycles. The quantitative estimate of drug-likeness (QED) is 0.731. The van der Waals surface area contributed by atoms with Crippen molar-refractivity contribution in [2.24, 2.45) is 0 Å². The molecule has 1 saturated heterocycles. The first kappa shape index (κ1) is 14.4. The van der Waals surface area contributed by atoms with Crippen molar-refractivity contribution in [3.05, 3.63) is 0 Å². The number of likely N-dealkylation sites (N-methyl/N-ethyl adjacent to an activating group) is 1. The third-order valence-electron chi connectivity index (χ3n) is 2.46. The molecule has 1 N–H and O–H groups in total. The van der Waals surface area contributed by atoms with Crippen molar-refractivity contribution < 1.29 is 23.1 Å². The molecule has 1 fully saturated rings. The average Bonchev–Trinajstić information content (AvgIpc) is 2.14. The van der Waals surface area contributed by atoms with Crippen molar-refractivity contribution in [3.8, 4) is 0 Å². The minimum absolute atomic E-state index is 0.188. The van der Waals surface area contributed by atoms with Gasteiger partial charge in [0.2, 0.25) is 0 Å². The molecule has 17 heavy (non-hydrogen) atoms. The Hall–Kier alpha value is -0.700. The van der Waals surface area contributed by atoms with Crippen LogP contribution in [0.2, 0.25) is 0 Å². The Balaban J connectivity index is 2.79. The first-order chi connectivity index (χ1) is 7.73. The average molecular weight is 266 g/mol. The third kappa shape index (κ3) is 3.63. The molecule has 0 spiro atoms. The van der Waals surface area contributed by atoms with Crippen molar-refractivity contribution >= 4 is 16.2 Å². The van der Waals surface area contributed by atoms with Crippen LogP contribution in [0.5, 0.6) is 0 Å². The molecule has 1 aliphatic rings. The molecular weight excluding hydrogens is 248 g/mol. The number of carbonyl (C=O) groups is 1. The number of aliphatic carboxylic acids is 1. The molecule has 0 saturated carbocycles. The summed E-state index contributed by atoms with van der Waals surface area (Å²) < 4.78 is 31.6. The molecule has 0 radical (unpaired) electrons. The van der Waals surface area contributed by atoms with E-state index in [1.54, 1.807) is 13.8 Å². The zero-order valence-corrected chi connectivity index (χ0v) is 11.0. The zero-order valence-electron chi connectivity index (χ0n) is 10.2. The van der Waals surface area contributed by atoms with Gasteiger partial charge in [0.25, 0.3) is 10.2 Å². The zero-order chi connectivity index (χ0) is 13.2. The second kappa shape index (κ2) is 5.30. The van der Waals surface area contributed by atoms with Crippen molar-refractivity contribution in [1.29, 1.82) is 0 Å². The smallest absolute Gasteiger partial charge is 0.318 e. The van der Waals surface area contributed by atoms with Crippen LogP contribution in [0.4, 0.5) is 0 Å². The van der Waals surface area contributed by atoms with E-state index in [0.717, 1.165) is 4.31 Å². The highest BCUT2D eigenvalue weighted by Gasteiger charge is 2.34. The normalized spacial score (nSPS) is 27.3. The van der Waals surface area contributed by atoms with Gasteiger partial charge >= 0.3 is 5.97 Å². The van der Waals surface area contributed by atoms with Crippen molar-refractivity contribution in [3.63, 3.8) is 0 Å². The molecule has 0 aromatic heterocycles. The summed E-state index contributed by atoms with van der Waals surface area (Å²) in [5.74, 6) is -1.18. The summed E-state index contributed by atoms with van der Waals surface area (Å²) in [5, 5.41) is 8.60. The van der Waals surface area contributed by atoms with E-state index >= 15 is 0 Å². The molecule has 0 aromatic rings. The fourth-order valence-corrected chi connectivity index (χ4v) is 3.25. The monoisotopic (exact) mass is 266 g/mol. The fraction of sp³-hybridized carbons (Fsp3) is 0.889. The Labute approximate surface area is 101 Å². The summed E-state index contributed by atoms with van der Waals surface area (Å²) in [6.07, 6.45) is -0.376. The topological polar surface area (TPSA) is 87.2 Å². The van der Waals surface area contributed by atoms with Crippen LogP contribution in [-0.2, 0) is 19.7 Å². The highest BCUT2D eigenvalue weighted by molar-refractivity contribution is 7.86. The fourth-order valence-electron chi connectivity index (χ4n) is 1.79. The van der Waals surface area contributed by atoms with E-state index in [4.69, 9.17) is 9.84 Å². The number of hydrogen-bond acceptors (Lipinski definition) is 4. The van der Waals surface area contributed by atoms with E-state index < -0.39 is 22.7 Å². The maximum Gasteiger partial charge on any atom is 0.318 e. The minimum Gasteiger partial charge on any atom is -0.480 e. The Morgan fingerprint density at radius 2 is 1.88 bits per heavy atom. The minimum atomic E-state index is -3.72. The predicted octanol–water partition coefficient (Wildman–Crippen LogP) is -0.643. The second-order valence-corrected chi connectivity index (χ2v) is 6.27. The van der Waals surface area contributed by atoms with Crippen LogP contribution in [0.1, 0.15) is 13.8 Å². The van der Waals surface area contributed by atoms with Crippen molar-refractivity contribution in [2.45, 2.75) is 26.1 Å². The Morgan fingerprint density at radius 1 is 1.41 bits per heavy atom. The van der Waals surface area contributed by atoms with E-state index in [1.807, 2.05) is 0 Å². The molecule has 0 aromatic carbocycles. The summed E-state index contributed by atoms with van der Waals surface area (Å²) in [4.78, 5) is 10.5. The van der Waals surface area contributed by atoms with E-state index in [0.29, 0.717) is 0 Å². The number of carboxylic acid groups (broad SMARTS) is 1. The largest absolute Gasteiger partial charge is 0.480 e. The lowest BCUT2D eigenvalue weighted by Crippen LogP contribution is -2.52. The molecular formula is C9H18N2O5S. The standard InChI is InChI=1S/C9H18N2O5S/c1-7-4-11(5-8(2)16-7)17(14,15)10(3)6-9(12)13/h7-8H,4-6H2,1-3H3,(H,12,13). The second-order valence-electron chi connectivity index (χ2n) is 4.23. The molecule has 1 rings (SSSR count). The number of morpholine rings is 1. The van der Waals surface area contributed by atoms with Crippen molar-refractivity contribution in [1.82, 2.24) is 8.61 Å². The first-order valence-electron chi connectivity index (χ1n) is 5.32. The van der Waals surface area contributed by atoms with Gasteiger partial charge in [-0.15, -0.1) is 0 Å². The Bertz CT molecular complexity index is 373. The molecule has 2 atom stereocenters. The van der Waals surface area contributed by atoms with E-state index in [-0.39, 0.29) is 25.3 Å². The maximum absolute atomic E-state index is 12.0. The maximum atomic E-state index is 12.0. The van der Waals surface area contributed by atoms with Gasteiger partial charge in [0.15, 0.2) is 0 Å². The molecule has 2 unspecified atom stereocenters. The summed E-state index contributed by atoms with van der Waals surface area (Å²) in [5.41, 5.74) is 0. The van der Waals surface area contributed by atoms with E-state index in [2.05, 4.69) is 0 Å². The molecule has 0 aliphatic carbocycles. The number of hydrogen-bond donors (Lipinski definition) is 1. The number of nitrogens with zero attached hydrogens (tertiary/aromatic N) is 2. The van der Waals surface area contributed by atoms with E-state index in [9.17, 15) is 13.2 Å². The SMILES string of the molecule is CC1CN(S(=O)(=O)N(C)CC(=O)O)CC(C)O1. The van der Waals surface area contributed by atoms with Crippen LogP contribution < -0.4 is 0 Å². The van der Waals surface area contributed by atoms with Gasteiger partial charge in [-0.2, -0.15) is 17.0 Å². The van der Waals surface area contributed by atoms with Crippen LogP contribution in [0.3, 0.4) is 0 Å². The van der Waals surface area contributed by atoms with Crippen molar-refractivity contribution in [2.75, 3.05) is 26.7 Å². The van der Waals surface area contributed by atoms with Gasteiger partial charge in [0.05, 0.1) is 12.2 Å². The molecule has 8 heteroatoms. The predicted molar refractivity (Wildman–Crippen MR) is 60.8 cm³/mol. The van der Waals surface area contributed by atoms with Gasteiger partial charge in [-0.1, -0.05) is 0 Å². The highest BCUT2D eigenvalue weighted by atomic mass is 32.2. The van der Waals surface area contributed by atoms with Crippen LogP contribution in [-0.4, -0.2) is 67.0 Å². The lowest BCUT2D eigenvalue weighted by molar-refractivity contribution is -0.137. The van der Waals surface area contributed by atoms with E-state index in [1.165, 1.54) is 11.4 Å². The molecule has 1 heterocycles. The van der Waals surface area contributed by atoms with Crippen LogP contribution in [0.15, 0.2) is 0 Å². The van der Waals surface area contributed by atoms with Gasteiger partial charge in [-0.05, 0) is 13.8 Å². The number of ether oxygens (including phenoxy) is 1. The Kier molecular flexibility index (Phi) is 4.48. The van der Waals surface area contributed by atoms with Gasteiger partial charge in [0, 0.05) is 20.1 Å². The van der Waals surface area contributed by atoms with Gasteiger partial charge in [-0.25, -0.2) is 0 Å². The molecule has 0 bridgehead atoms. The number of rotatable bonds is 4. The lowest BCUT2D eigenvalue weighted by Gasteiger charge is -2.36. The third-order valence-corrected chi connectivity index (χ3v) is 4.33. The summed E-state index contributed by atoms with van der Waals surface area (Å²) in [6, 6.07) is 0. The van der Waals surface area contributed by atoms with Crippen LogP contribution in [0.25, 0.3) is 0 Å². The molecule has 0 amide bonds.